The van der Waals surface area contributed by atoms with Crippen molar-refractivity contribution in [2.24, 2.45) is 0 Å². The third-order valence-corrected chi connectivity index (χ3v) is 3.70. The van der Waals surface area contributed by atoms with Gasteiger partial charge in [-0.05, 0) is 13.3 Å². The number of nitrogens with zero attached hydrogens (tertiary/aromatic N) is 3. The van der Waals surface area contributed by atoms with Gasteiger partial charge in [-0.25, -0.2) is 18.7 Å². The number of rotatable bonds is 6. The molecule has 1 N–H and O–H groups in total. The molecule has 7 heteroatoms. The molecule has 2 rings (SSSR count). The van der Waals surface area contributed by atoms with E-state index >= 15 is 0 Å². The van der Waals surface area contributed by atoms with Crippen molar-refractivity contribution >= 4 is 23.0 Å². The van der Waals surface area contributed by atoms with Crippen molar-refractivity contribution in [2.45, 2.75) is 26.8 Å². The highest BCUT2D eigenvalue weighted by atomic mass is 32.1. The number of aromatic nitrogens is 2. The Morgan fingerprint density at radius 2 is 2.05 bits per heavy atom. The SMILES string of the molecule is CCCNc1nc(N(C)Cc2csc(C)n2)c(F)cc1F. The van der Waals surface area contributed by atoms with E-state index in [1.165, 1.54) is 11.3 Å². The summed E-state index contributed by atoms with van der Waals surface area (Å²) in [5.41, 5.74) is 0.841. The van der Waals surface area contributed by atoms with Gasteiger partial charge in [0.15, 0.2) is 23.3 Å². The van der Waals surface area contributed by atoms with Crippen LogP contribution in [0.4, 0.5) is 20.4 Å². The van der Waals surface area contributed by atoms with E-state index in [-0.39, 0.29) is 11.6 Å². The minimum absolute atomic E-state index is 0.0783. The van der Waals surface area contributed by atoms with E-state index < -0.39 is 11.6 Å². The average Bonchev–Trinajstić information content (AvgIpc) is 2.83. The summed E-state index contributed by atoms with van der Waals surface area (Å²) in [4.78, 5) is 10.0. The third kappa shape index (κ3) is 3.87. The van der Waals surface area contributed by atoms with Crippen LogP contribution in [0.15, 0.2) is 11.4 Å². The number of pyridine rings is 1. The fourth-order valence-corrected chi connectivity index (χ4v) is 2.49. The van der Waals surface area contributed by atoms with Gasteiger partial charge in [-0.1, -0.05) is 6.92 Å². The largest absolute Gasteiger partial charge is 0.368 e. The first-order chi connectivity index (χ1) is 10.0. The van der Waals surface area contributed by atoms with Crippen molar-refractivity contribution < 1.29 is 8.78 Å². The Labute approximate surface area is 126 Å². The number of halogens is 2. The van der Waals surface area contributed by atoms with Gasteiger partial charge >= 0.3 is 0 Å². The monoisotopic (exact) mass is 312 g/mol. The quantitative estimate of drug-likeness (QED) is 0.885. The van der Waals surface area contributed by atoms with Crippen LogP contribution < -0.4 is 10.2 Å². The summed E-state index contributed by atoms with van der Waals surface area (Å²) in [7, 11) is 1.71. The van der Waals surface area contributed by atoms with Gasteiger partial charge in [-0.3, -0.25) is 0 Å². The Kier molecular flexibility index (Phi) is 5.06. The zero-order chi connectivity index (χ0) is 15.4. The van der Waals surface area contributed by atoms with Crippen LogP contribution in [0, 0.1) is 18.6 Å². The number of thiazole rings is 1. The standard InChI is InChI=1S/C14H18F2N4S/c1-4-5-17-13-11(15)6-12(16)14(19-13)20(3)7-10-8-21-9(2)18-10/h6,8H,4-5,7H2,1-3H3,(H,17,19). The normalized spacial score (nSPS) is 10.7. The fourth-order valence-electron chi connectivity index (χ4n) is 1.89. The summed E-state index contributed by atoms with van der Waals surface area (Å²) in [6.45, 7) is 4.89. The maximum absolute atomic E-state index is 13.9. The molecule has 0 amide bonds. The number of nitrogens with one attached hydrogen (secondary N) is 1. The van der Waals surface area contributed by atoms with Crippen LogP contribution >= 0.6 is 11.3 Å². The molecular weight excluding hydrogens is 294 g/mol. The van der Waals surface area contributed by atoms with E-state index in [1.807, 2.05) is 19.2 Å². The maximum atomic E-state index is 13.9. The number of aryl methyl sites for hydroxylation is 1. The minimum atomic E-state index is -0.678. The van der Waals surface area contributed by atoms with Crippen LogP contribution in [0.1, 0.15) is 24.0 Å². The summed E-state index contributed by atoms with van der Waals surface area (Å²) in [5, 5.41) is 5.74. The second-order valence-corrected chi connectivity index (χ2v) is 5.83. The van der Waals surface area contributed by atoms with Gasteiger partial charge in [0.2, 0.25) is 0 Å². The van der Waals surface area contributed by atoms with Crippen molar-refractivity contribution in [1.29, 1.82) is 0 Å². The summed E-state index contributed by atoms with van der Waals surface area (Å²) in [6, 6.07) is 0.864. The molecule has 2 heterocycles. The van der Waals surface area contributed by atoms with Crippen molar-refractivity contribution in [2.75, 3.05) is 23.8 Å². The van der Waals surface area contributed by atoms with Crippen molar-refractivity contribution in [3.8, 4) is 0 Å². The summed E-state index contributed by atoms with van der Waals surface area (Å²) in [6.07, 6.45) is 0.835. The molecule has 2 aromatic rings. The third-order valence-electron chi connectivity index (χ3n) is 2.88. The molecule has 0 atom stereocenters. The van der Waals surface area contributed by atoms with Crippen molar-refractivity contribution in [1.82, 2.24) is 9.97 Å². The fraction of sp³-hybridized carbons (Fsp3) is 0.429. The van der Waals surface area contributed by atoms with Gasteiger partial charge in [-0.2, -0.15) is 0 Å². The molecule has 0 saturated carbocycles. The summed E-state index contributed by atoms with van der Waals surface area (Å²) < 4.78 is 27.6. The molecule has 0 aliphatic carbocycles. The molecule has 0 spiro atoms. The van der Waals surface area contributed by atoms with Crippen LogP contribution in [0.3, 0.4) is 0 Å². The molecule has 0 bridgehead atoms. The van der Waals surface area contributed by atoms with Gasteiger partial charge in [-0.15, -0.1) is 11.3 Å². The van der Waals surface area contributed by atoms with E-state index in [4.69, 9.17) is 0 Å². The predicted octanol–water partition coefficient (Wildman–Crippen LogP) is 3.58. The average molecular weight is 312 g/mol. The molecule has 2 aromatic heterocycles. The molecule has 0 aromatic carbocycles. The van der Waals surface area contributed by atoms with E-state index in [1.54, 1.807) is 11.9 Å². The molecule has 21 heavy (non-hydrogen) atoms. The highest BCUT2D eigenvalue weighted by Crippen LogP contribution is 2.23. The highest BCUT2D eigenvalue weighted by Gasteiger charge is 2.16. The first kappa shape index (κ1) is 15.6. The van der Waals surface area contributed by atoms with Crippen LogP contribution in [0.5, 0.6) is 0 Å². The zero-order valence-corrected chi connectivity index (χ0v) is 13.1. The smallest absolute Gasteiger partial charge is 0.168 e. The zero-order valence-electron chi connectivity index (χ0n) is 12.3. The molecule has 0 aliphatic rings. The lowest BCUT2D eigenvalue weighted by Crippen LogP contribution is -2.20. The Morgan fingerprint density at radius 1 is 1.29 bits per heavy atom. The highest BCUT2D eigenvalue weighted by molar-refractivity contribution is 7.09. The first-order valence-electron chi connectivity index (χ1n) is 6.73. The van der Waals surface area contributed by atoms with Crippen LogP contribution in [-0.4, -0.2) is 23.6 Å². The van der Waals surface area contributed by atoms with Crippen LogP contribution in [0.2, 0.25) is 0 Å². The molecule has 114 valence electrons. The van der Waals surface area contributed by atoms with E-state index in [2.05, 4.69) is 15.3 Å². The lowest BCUT2D eigenvalue weighted by molar-refractivity contribution is 0.572. The number of hydrogen-bond acceptors (Lipinski definition) is 5. The van der Waals surface area contributed by atoms with Crippen molar-refractivity contribution in [3.05, 3.63) is 33.8 Å². The maximum Gasteiger partial charge on any atom is 0.168 e. The molecule has 0 aliphatic heterocycles. The molecule has 0 saturated heterocycles. The molecule has 4 nitrogen and oxygen atoms in total. The Hall–Kier alpha value is -1.76. The van der Waals surface area contributed by atoms with Gasteiger partial charge in [0.25, 0.3) is 0 Å². The van der Waals surface area contributed by atoms with E-state index in [9.17, 15) is 8.78 Å². The van der Waals surface area contributed by atoms with Gasteiger partial charge < -0.3 is 10.2 Å². The molecule has 0 unspecified atom stereocenters. The number of hydrogen-bond donors (Lipinski definition) is 1. The molecular formula is C14H18F2N4S. The Balaban J connectivity index is 2.20. The second-order valence-electron chi connectivity index (χ2n) is 4.76. The number of anilines is 2. The predicted molar refractivity (Wildman–Crippen MR) is 81.9 cm³/mol. The second kappa shape index (κ2) is 6.80. The summed E-state index contributed by atoms with van der Waals surface area (Å²) >= 11 is 1.54. The lowest BCUT2D eigenvalue weighted by Gasteiger charge is -2.19. The van der Waals surface area contributed by atoms with Gasteiger partial charge in [0.1, 0.15) is 0 Å². The lowest BCUT2D eigenvalue weighted by atomic mass is 10.3. The molecule has 0 fully saturated rings. The van der Waals surface area contributed by atoms with E-state index in [0.29, 0.717) is 13.1 Å². The topological polar surface area (TPSA) is 41.1 Å². The van der Waals surface area contributed by atoms with Crippen LogP contribution in [0.25, 0.3) is 0 Å². The Bertz CT molecular complexity index is 615. The van der Waals surface area contributed by atoms with E-state index in [0.717, 1.165) is 23.2 Å². The first-order valence-corrected chi connectivity index (χ1v) is 7.61. The van der Waals surface area contributed by atoms with Gasteiger partial charge in [0.05, 0.1) is 17.2 Å². The minimum Gasteiger partial charge on any atom is -0.368 e. The van der Waals surface area contributed by atoms with Gasteiger partial charge in [0, 0.05) is 25.0 Å². The molecule has 0 radical (unpaired) electrons. The summed E-state index contributed by atoms with van der Waals surface area (Å²) in [5.74, 6) is -1.16. The Morgan fingerprint density at radius 3 is 2.67 bits per heavy atom. The van der Waals surface area contributed by atoms with Crippen molar-refractivity contribution in [3.63, 3.8) is 0 Å². The van der Waals surface area contributed by atoms with Crippen LogP contribution in [-0.2, 0) is 6.54 Å².